The lowest BCUT2D eigenvalue weighted by atomic mass is 9.63. The van der Waals surface area contributed by atoms with Crippen molar-refractivity contribution >= 4 is 6.21 Å². The maximum Gasteiger partial charge on any atom is 0.128 e. The molecule has 104 valence electrons. The lowest BCUT2D eigenvalue weighted by Crippen LogP contribution is -2.34. The van der Waals surface area contributed by atoms with Gasteiger partial charge in [-0.25, -0.2) is 0 Å². The summed E-state index contributed by atoms with van der Waals surface area (Å²) < 4.78 is 5.42. The summed E-state index contributed by atoms with van der Waals surface area (Å²) in [6.45, 7) is 9.10. The predicted octanol–water partition coefficient (Wildman–Crippen LogP) is 3.85. The fraction of sp³-hybridized carbons (Fsp3) is 0.562. The van der Waals surface area contributed by atoms with Crippen LogP contribution in [0.15, 0.2) is 17.3 Å². The second kappa shape index (κ2) is 4.55. The van der Waals surface area contributed by atoms with Crippen LogP contribution in [0.1, 0.15) is 57.2 Å². The molecule has 3 heteroatoms. The number of hydrogen-bond acceptors (Lipinski definition) is 3. The van der Waals surface area contributed by atoms with E-state index < -0.39 is 0 Å². The van der Waals surface area contributed by atoms with Gasteiger partial charge in [-0.05, 0) is 46.9 Å². The molecule has 0 saturated carbocycles. The zero-order chi connectivity index (χ0) is 14.3. The Kier molecular flexibility index (Phi) is 3.33. The van der Waals surface area contributed by atoms with Crippen molar-refractivity contribution in [1.82, 2.24) is 0 Å². The molecule has 1 aliphatic rings. The molecular weight excluding hydrogens is 238 g/mol. The first-order chi connectivity index (χ1) is 8.81. The first-order valence-electron chi connectivity index (χ1n) is 6.72. The molecule has 0 atom stereocenters. The SMILES string of the molecule is COc1cc2c(cc1C=NO)C(C)(C)CCC2(C)C. The van der Waals surface area contributed by atoms with Gasteiger partial charge in [0.2, 0.25) is 0 Å². The summed E-state index contributed by atoms with van der Waals surface area (Å²) in [4.78, 5) is 0. The van der Waals surface area contributed by atoms with E-state index in [1.54, 1.807) is 7.11 Å². The van der Waals surface area contributed by atoms with Crippen molar-refractivity contribution in [2.24, 2.45) is 5.16 Å². The maximum absolute atomic E-state index is 8.79. The standard InChI is InChI=1S/C16H23NO2/c1-15(2)6-7-16(3,4)13-9-14(19-5)11(10-17-18)8-12(13)15/h8-10,18H,6-7H2,1-5H3. The molecule has 0 spiro atoms. The molecule has 1 aromatic rings. The van der Waals surface area contributed by atoms with Gasteiger partial charge in [-0.3, -0.25) is 0 Å². The lowest BCUT2D eigenvalue weighted by Gasteiger charge is -2.42. The van der Waals surface area contributed by atoms with E-state index in [1.165, 1.54) is 23.8 Å². The first-order valence-corrected chi connectivity index (χ1v) is 6.72. The van der Waals surface area contributed by atoms with E-state index in [9.17, 15) is 0 Å². The topological polar surface area (TPSA) is 41.8 Å². The molecule has 1 aliphatic carbocycles. The van der Waals surface area contributed by atoms with Crippen molar-refractivity contribution < 1.29 is 9.94 Å². The summed E-state index contributed by atoms with van der Waals surface area (Å²) in [5.41, 5.74) is 3.81. The summed E-state index contributed by atoms with van der Waals surface area (Å²) >= 11 is 0. The van der Waals surface area contributed by atoms with E-state index in [2.05, 4.69) is 45.0 Å². The van der Waals surface area contributed by atoms with Gasteiger partial charge in [-0.15, -0.1) is 0 Å². The van der Waals surface area contributed by atoms with Crippen molar-refractivity contribution in [3.8, 4) is 5.75 Å². The molecule has 0 amide bonds. The molecule has 0 fully saturated rings. The van der Waals surface area contributed by atoms with Crippen LogP contribution in [0.3, 0.4) is 0 Å². The molecule has 1 aromatic carbocycles. The summed E-state index contributed by atoms with van der Waals surface area (Å²) in [7, 11) is 1.65. The van der Waals surface area contributed by atoms with Crippen LogP contribution < -0.4 is 4.74 Å². The smallest absolute Gasteiger partial charge is 0.128 e. The quantitative estimate of drug-likeness (QED) is 0.499. The van der Waals surface area contributed by atoms with Crippen LogP contribution in [0.2, 0.25) is 0 Å². The Balaban J connectivity index is 2.70. The highest BCUT2D eigenvalue weighted by Crippen LogP contribution is 2.47. The van der Waals surface area contributed by atoms with Crippen LogP contribution in [-0.2, 0) is 10.8 Å². The van der Waals surface area contributed by atoms with E-state index in [0.29, 0.717) is 0 Å². The average molecular weight is 261 g/mol. The molecule has 1 N–H and O–H groups in total. The van der Waals surface area contributed by atoms with Crippen molar-refractivity contribution in [3.05, 3.63) is 28.8 Å². The third-order valence-corrected chi connectivity index (χ3v) is 4.40. The van der Waals surface area contributed by atoms with E-state index in [4.69, 9.17) is 9.94 Å². The Hall–Kier alpha value is -1.51. The largest absolute Gasteiger partial charge is 0.496 e. The van der Waals surface area contributed by atoms with Gasteiger partial charge in [0, 0.05) is 5.56 Å². The van der Waals surface area contributed by atoms with E-state index in [1.807, 2.05) is 0 Å². The number of fused-ring (bicyclic) bond motifs is 1. The maximum atomic E-state index is 8.79. The monoisotopic (exact) mass is 261 g/mol. The second-order valence-corrected chi connectivity index (χ2v) is 6.65. The van der Waals surface area contributed by atoms with Crippen LogP contribution in [0.25, 0.3) is 0 Å². The van der Waals surface area contributed by atoms with Gasteiger partial charge in [0.05, 0.1) is 13.3 Å². The Morgan fingerprint density at radius 1 is 1.11 bits per heavy atom. The minimum atomic E-state index is 0.148. The predicted molar refractivity (Wildman–Crippen MR) is 77.7 cm³/mol. The highest BCUT2D eigenvalue weighted by atomic mass is 16.5. The van der Waals surface area contributed by atoms with Gasteiger partial charge in [0.25, 0.3) is 0 Å². The summed E-state index contributed by atoms with van der Waals surface area (Å²) in [5.74, 6) is 0.766. The average Bonchev–Trinajstić information content (AvgIpc) is 2.35. The van der Waals surface area contributed by atoms with Crippen LogP contribution in [0.5, 0.6) is 5.75 Å². The van der Waals surface area contributed by atoms with E-state index in [0.717, 1.165) is 17.7 Å². The molecule has 0 radical (unpaired) electrons. The summed E-state index contributed by atoms with van der Waals surface area (Å²) in [6, 6.07) is 4.21. The third-order valence-electron chi connectivity index (χ3n) is 4.40. The highest BCUT2D eigenvalue weighted by Gasteiger charge is 2.37. The third kappa shape index (κ3) is 2.34. The van der Waals surface area contributed by atoms with Gasteiger partial charge in [-0.1, -0.05) is 32.9 Å². The normalized spacial score (nSPS) is 20.3. The van der Waals surface area contributed by atoms with Crippen LogP contribution in [0.4, 0.5) is 0 Å². The van der Waals surface area contributed by atoms with Gasteiger partial charge in [0.15, 0.2) is 0 Å². The molecule has 0 bridgehead atoms. The van der Waals surface area contributed by atoms with Crippen LogP contribution in [-0.4, -0.2) is 18.5 Å². The minimum Gasteiger partial charge on any atom is -0.496 e. The van der Waals surface area contributed by atoms with Gasteiger partial charge in [-0.2, -0.15) is 0 Å². The number of rotatable bonds is 2. The summed E-state index contributed by atoms with van der Waals surface area (Å²) in [5, 5.41) is 11.9. The molecule has 0 aromatic heterocycles. The number of methoxy groups -OCH3 is 1. The van der Waals surface area contributed by atoms with Crippen molar-refractivity contribution in [1.29, 1.82) is 0 Å². The first kappa shape index (κ1) is 13.9. The Morgan fingerprint density at radius 2 is 1.63 bits per heavy atom. The Morgan fingerprint density at radius 3 is 2.11 bits per heavy atom. The number of ether oxygens (including phenoxy) is 1. The molecule has 2 rings (SSSR count). The Labute approximate surface area is 115 Å². The Bertz CT molecular complexity index is 516. The number of oxime groups is 1. The number of nitrogens with zero attached hydrogens (tertiary/aromatic N) is 1. The van der Waals surface area contributed by atoms with Crippen LogP contribution >= 0.6 is 0 Å². The van der Waals surface area contributed by atoms with Crippen molar-refractivity contribution in [2.45, 2.75) is 51.4 Å². The minimum absolute atomic E-state index is 0.148. The fourth-order valence-corrected chi connectivity index (χ4v) is 2.95. The van der Waals surface area contributed by atoms with Crippen LogP contribution in [0, 0.1) is 0 Å². The van der Waals surface area contributed by atoms with E-state index >= 15 is 0 Å². The molecule has 0 saturated heterocycles. The van der Waals surface area contributed by atoms with Crippen molar-refractivity contribution in [3.63, 3.8) is 0 Å². The zero-order valence-electron chi connectivity index (χ0n) is 12.4. The number of benzene rings is 1. The van der Waals surface area contributed by atoms with Crippen molar-refractivity contribution in [2.75, 3.05) is 7.11 Å². The molecule has 0 unspecified atom stereocenters. The van der Waals surface area contributed by atoms with Gasteiger partial charge >= 0.3 is 0 Å². The molecule has 0 aliphatic heterocycles. The zero-order valence-corrected chi connectivity index (χ0v) is 12.4. The summed E-state index contributed by atoms with van der Waals surface area (Å²) in [6.07, 6.45) is 3.77. The number of hydrogen-bond donors (Lipinski definition) is 1. The van der Waals surface area contributed by atoms with Gasteiger partial charge in [0.1, 0.15) is 5.75 Å². The fourth-order valence-electron chi connectivity index (χ4n) is 2.95. The van der Waals surface area contributed by atoms with Gasteiger partial charge < -0.3 is 9.94 Å². The molecular formula is C16H23NO2. The molecule has 0 heterocycles. The lowest BCUT2D eigenvalue weighted by molar-refractivity contribution is 0.320. The highest BCUT2D eigenvalue weighted by molar-refractivity contribution is 5.84. The molecule has 19 heavy (non-hydrogen) atoms. The molecule has 3 nitrogen and oxygen atoms in total. The second-order valence-electron chi connectivity index (χ2n) is 6.65. The van der Waals surface area contributed by atoms with E-state index in [-0.39, 0.29) is 10.8 Å².